The third kappa shape index (κ3) is 8.24. The third-order valence-electron chi connectivity index (χ3n) is 3.27. The average Bonchev–Trinajstić information content (AvgIpc) is 2.49. The van der Waals surface area contributed by atoms with Crippen LogP contribution in [0.1, 0.15) is 43.4 Å². The van der Waals surface area contributed by atoms with Crippen molar-refractivity contribution in [3.8, 4) is 0 Å². The predicted octanol–water partition coefficient (Wildman–Crippen LogP) is 4.63. The first-order valence-electron chi connectivity index (χ1n) is 7.64. The Labute approximate surface area is 141 Å². The number of halogens is 6. The summed E-state index contributed by atoms with van der Waals surface area (Å²) in [4.78, 5) is 11.8. The first kappa shape index (κ1) is 21.3. The highest BCUT2D eigenvalue weighted by molar-refractivity contribution is 5.76. The van der Waals surface area contributed by atoms with E-state index in [-0.39, 0.29) is 6.42 Å². The molecule has 9 heteroatoms. The van der Waals surface area contributed by atoms with E-state index in [2.05, 4.69) is 10.1 Å². The number of hydrogen-bond acceptors (Lipinski definition) is 2. The summed E-state index contributed by atoms with van der Waals surface area (Å²) in [5, 5.41) is 2.54. The van der Waals surface area contributed by atoms with Crippen LogP contribution in [-0.2, 0) is 15.7 Å². The highest BCUT2D eigenvalue weighted by Crippen LogP contribution is 2.31. The standard InChI is InChI=1S/C16H19F6NO2/c1-2-4-13(11-5-3-6-12(9-11)16(20,21)22)23-14(24)7-8-25-10-15(17,18)19/h3,5-6,9,13H,2,4,7-8,10H2,1H3,(H,23,24). The van der Waals surface area contributed by atoms with Gasteiger partial charge in [0, 0.05) is 6.42 Å². The average molecular weight is 371 g/mol. The Balaban J connectivity index is 2.66. The molecule has 0 spiro atoms. The molecule has 0 fully saturated rings. The topological polar surface area (TPSA) is 38.3 Å². The molecular formula is C16H19F6NO2. The molecule has 0 aliphatic rings. The highest BCUT2D eigenvalue weighted by atomic mass is 19.4. The number of carbonyl (C=O) groups is 1. The summed E-state index contributed by atoms with van der Waals surface area (Å²) in [7, 11) is 0. The fourth-order valence-electron chi connectivity index (χ4n) is 2.16. The maximum absolute atomic E-state index is 12.8. The lowest BCUT2D eigenvalue weighted by Crippen LogP contribution is -2.30. The molecular weight excluding hydrogens is 352 g/mol. The van der Waals surface area contributed by atoms with Gasteiger partial charge in [-0.25, -0.2) is 0 Å². The Morgan fingerprint density at radius 3 is 2.44 bits per heavy atom. The number of rotatable bonds is 8. The Morgan fingerprint density at radius 2 is 1.88 bits per heavy atom. The number of ether oxygens (including phenoxy) is 1. The van der Waals surface area contributed by atoms with Gasteiger partial charge in [0.1, 0.15) is 6.61 Å². The SMILES string of the molecule is CCCC(NC(=O)CCOCC(F)(F)F)c1cccc(C(F)(F)F)c1. The smallest absolute Gasteiger partial charge is 0.372 e. The quantitative estimate of drug-likeness (QED) is 0.534. The molecule has 3 nitrogen and oxygen atoms in total. The third-order valence-corrected chi connectivity index (χ3v) is 3.27. The van der Waals surface area contributed by atoms with Crippen LogP contribution in [-0.4, -0.2) is 25.3 Å². The maximum Gasteiger partial charge on any atom is 0.416 e. The van der Waals surface area contributed by atoms with Crippen molar-refractivity contribution in [3.63, 3.8) is 0 Å². The van der Waals surface area contributed by atoms with E-state index in [0.717, 1.165) is 12.1 Å². The Hall–Kier alpha value is -1.77. The summed E-state index contributed by atoms with van der Waals surface area (Å²) in [6, 6.07) is 3.96. The number of amides is 1. The number of benzene rings is 1. The second kappa shape index (κ2) is 9.07. The van der Waals surface area contributed by atoms with E-state index < -0.39 is 43.1 Å². The van der Waals surface area contributed by atoms with Crippen molar-refractivity contribution in [1.29, 1.82) is 0 Å². The molecule has 1 aromatic rings. The first-order valence-corrected chi connectivity index (χ1v) is 7.64. The second-order valence-corrected chi connectivity index (χ2v) is 5.45. The lowest BCUT2D eigenvalue weighted by molar-refractivity contribution is -0.174. The van der Waals surface area contributed by atoms with Crippen molar-refractivity contribution in [1.82, 2.24) is 5.32 Å². The Bertz CT molecular complexity index is 556. The van der Waals surface area contributed by atoms with Crippen LogP contribution in [0.4, 0.5) is 26.3 Å². The molecule has 0 radical (unpaired) electrons. The number of nitrogens with one attached hydrogen (secondary N) is 1. The Kier molecular flexibility index (Phi) is 7.72. The van der Waals surface area contributed by atoms with Crippen molar-refractivity contribution in [2.24, 2.45) is 0 Å². The van der Waals surface area contributed by atoms with E-state index >= 15 is 0 Å². The number of carbonyl (C=O) groups excluding carboxylic acids is 1. The lowest BCUT2D eigenvalue weighted by Gasteiger charge is -2.20. The molecule has 1 unspecified atom stereocenters. The summed E-state index contributed by atoms with van der Waals surface area (Å²) in [6.45, 7) is -0.0711. The molecule has 0 bridgehead atoms. The van der Waals surface area contributed by atoms with Crippen LogP contribution in [0.15, 0.2) is 24.3 Å². The molecule has 0 aliphatic carbocycles. The summed E-state index contributed by atoms with van der Waals surface area (Å²) < 4.78 is 78.5. The summed E-state index contributed by atoms with van der Waals surface area (Å²) in [6.07, 6.45) is -8.28. The van der Waals surface area contributed by atoms with E-state index in [1.165, 1.54) is 12.1 Å². The second-order valence-electron chi connectivity index (χ2n) is 5.45. The van der Waals surface area contributed by atoms with E-state index in [9.17, 15) is 31.1 Å². The first-order chi connectivity index (χ1) is 11.5. The van der Waals surface area contributed by atoms with Crippen LogP contribution in [0, 0.1) is 0 Å². The Morgan fingerprint density at radius 1 is 1.20 bits per heavy atom. The van der Waals surface area contributed by atoms with Gasteiger partial charge in [0.25, 0.3) is 0 Å². The van der Waals surface area contributed by atoms with Crippen LogP contribution < -0.4 is 5.32 Å². The van der Waals surface area contributed by atoms with E-state index in [4.69, 9.17) is 0 Å². The van der Waals surface area contributed by atoms with Crippen molar-refractivity contribution in [2.75, 3.05) is 13.2 Å². The van der Waals surface area contributed by atoms with Gasteiger partial charge in [-0.15, -0.1) is 0 Å². The number of alkyl halides is 6. The van der Waals surface area contributed by atoms with E-state index in [1.54, 1.807) is 6.92 Å². The van der Waals surface area contributed by atoms with Crippen molar-refractivity contribution in [3.05, 3.63) is 35.4 Å². The van der Waals surface area contributed by atoms with E-state index in [0.29, 0.717) is 18.4 Å². The van der Waals surface area contributed by atoms with Crippen LogP contribution in [0.25, 0.3) is 0 Å². The van der Waals surface area contributed by atoms with E-state index in [1.807, 2.05) is 0 Å². The van der Waals surface area contributed by atoms with Crippen molar-refractivity contribution < 1.29 is 35.9 Å². The summed E-state index contributed by atoms with van der Waals surface area (Å²) in [5.74, 6) is -0.585. The van der Waals surface area contributed by atoms with Crippen LogP contribution in [0.5, 0.6) is 0 Å². The summed E-state index contributed by atoms with van der Waals surface area (Å²) in [5.41, 5.74) is -0.532. The fourth-order valence-corrected chi connectivity index (χ4v) is 2.16. The van der Waals surface area contributed by atoms with Gasteiger partial charge in [-0.3, -0.25) is 4.79 Å². The minimum Gasteiger partial charge on any atom is -0.372 e. The molecule has 25 heavy (non-hydrogen) atoms. The molecule has 0 saturated carbocycles. The monoisotopic (exact) mass is 371 g/mol. The maximum atomic E-state index is 12.8. The van der Waals surface area contributed by atoms with Gasteiger partial charge >= 0.3 is 12.4 Å². The van der Waals surface area contributed by atoms with Crippen molar-refractivity contribution >= 4 is 5.91 Å². The van der Waals surface area contributed by atoms with Gasteiger partial charge in [0.2, 0.25) is 5.91 Å². The van der Waals surface area contributed by atoms with Gasteiger partial charge in [-0.1, -0.05) is 25.5 Å². The van der Waals surface area contributed by atoms with Crippen molar-refractivity contribution in [2.45, 2.75) is 44.6 Å². The molecule has 0 aromatic heterocycles. The number of hydrogen-bond donors (Lipinski definition) is 1. The largest absolute Gasteiger partial charge is 0.416 e. The molecule has 1 atom stereocenters. The van der Waals surface area contributed by atoms with Gasteiger partial charge in [-0.05, 0) is 24.1 Å². The zero-order chi connectivity index (χ0) is 19.1. The minimum atomic E-state index is -4.50. The minimum absolute atomic E-state index is 0.293. The van der Waals surface area contributed by atoms with Gasteiger partial charge in [0.05, 0.1) is 18.2 Å². The summed E-state index contributed by atoms with van der Waals surface area (Å²) >= 11 is 0. The van der Waals surface area contributed by atoms with Gasteiger partial charge in [-0.2, -0.15) is 26.3 Å². The van der Waals surface area contributed by atoms with Gasteiger partial charge in [0.15, 0.2) is 0 Å². The molecule has 1 N–H and O–H groups in total. The zero-order valence-corrected chi connectivity index (χ0v) is 13.5. The molecule has 1 aromatic carbocycles. The van der Waals surface area contributed by atoms with Crippen LogP contribution >= 0.6 is 0 Å². The lowest BCUT2D eigenvalue weighted by atomic mass is 9.99. The molecule has 1 amide bonds. The van der Waals surface area contributed by atoms with Gasteiger partial charge < -0.3 is 10.1 Å². The highest BCUT2D eigenvalue weighted by Gasteiger charge is 2.31. The van der Waals surface area contributed by atoms with Crippen LogP contribution in [0.3, 0.4) is 0 Å². The molecule has 0 aliphatic heterocycles. The molecule has 1 rings (SSSR count). The fraction of sp³-hybridized carbons (Fsp3) is 0.562. The molecule has 0 saturated heterocycles. The zero-order valence-electron chi connectivity index (χ0n) is 13.5. The molecule has 142 valence electrons. The van der Waals surface area contributed by atoms with Crippen LogP contribution in [0.2, 0.25) is 0 Å². The molecule has 0 heterocycles. The normalized spacial score (nSPS) is 13.6. The predicted molar refractivity (Wildman–Crippen MR) is 78.7 cm³/mol.